The molecule has 0 spiro atoms. The largest absolute Gasteiger partial charge is 0.143 e. The fourth-order valence-corrected chi connectivity index (χ4v) is 2.11. The Kier molecular flexibility index (Phi) is 3.90. The molecular formula is C16H18S. The van der Waals surface area contributed by atoms with Gasteiger partial charge in [0.15, 0.2) is 0 Å². The second-order valence-electron chi connectivity index (χ2n) is 4.84. The molecule has 0 atom stereocenters. The molecule has 0 amide bonds. The average molecular weight is 242 g/mol. The number of benzene rings is 2. The molecule has 2 aromatic rings. The zero-order valence-corrected chi connectivity index (χ0v) is 11.2. The van der Waals surface area contributed by atoms with Crippen molar-refractivity contribution in [1.29, 1.82) is 0 Å². The summed E-state index contributed by atoms with van der Waals surface area (Å²) in [6.07, 6.45) is 1.15. The van der Waals surface area contributed by atoms with Gasteiger partial charge in [0, 0.05) is 4.90 Å². The summed E-state index contributed by atoms with van der Waals surface area (Å²) >= 11 is 4.30. The first-order valence-electron chi connectivity index (χ1n) is 6.03. The highest BCUT2D eigenvalue weighted by Crippen LogP contribution is 2.22. The second-order valence-corrected chi connectivity index (χ2v) is 5.36. The quantitative estimate of drug-likeness (QED) is 0.731. The van der Waals surface area contributed by atoms with Crippen molar-refractivity contribution in [3.05, 3.63) is 54.1 Å². The summed E-state index contributed by atoms with van der Waals surface area (Å²) in [5, 5.41) is 0. The molecule has 0 aromatic heterocycles. The number of hydrogen-bond acceptors (Lipinski definition) is 1. The van der Waals surface area contributed by atoms with Crippen molar-refractivity contribution in [3.63, 3.8) is 0 Å². The molecule has 17 heavy (non-hydrogen) atoms. The minimum Gasteiger partial charge on any atom is -0.143 e. The lowest BCUT2D eigenvalue weighted by molar-refractivity contribution is 0.647. The normalized spacial score (nSPS) is 10.8. The highest BCUT2D eigenvalue weighted by atomic mass is 32.1. The summed E-state index contributed by atoms with van der Waals surface area (Å²) in [7, 11) is 0. The van der Waals surface area contributed by atoms with Crippen LogP contribution in [0.15, 0.2) is 53.4 Å². The Morgan fingerprint density at radius 3 is 1.76 bits per heavy atom. The van der Waals surface area contributed by atoms with Gasteiger partial charge in [-0.1, -0.05) is 50.2 Å². The lowest BCUT2D eigenvalue weighted by Crippen LogP contribution is -1.93. The van der Waals surface area contributed by atoms with E-state index in [4.69, 9.17) is 0 Å². The van der Waals surface area contributed by atoms with Crippen molar-refractivity contribution in [2.24, 2.45) is 5.92 Å². The Labute approximate surface area is 109 Å². The van der Waals surface area contributed by atoms with E-state index in [9.17, 15) is 0 Å². The molecule has 0 saturated heterocycles. The third-order valence-corrected chi connectivity index (χ3v) is 3.10. The molecule has 0 saturated carbocycles. The lowest BCUT2D eigenvalue weighted by Gasteiger charge is -2.07. The predicted octanol–water partition coefficient (Wildman–Crippen LogP) is 4.84. The van der Waals surface area contributed by atoms with Crippen molar-refractivity contribution in [1.82, 2.24) is 0 Å². The van der Waals surface area contributed by atoms with Gasteiger partial charge in [-0.15, -0.1) is 12.6 Å². The maximum atomic E-state index is 4.30. The summed E-state index contributed by atoms with van der Waals surface area (Å²) in [6, 6.07) is 17.1. The molecule has 2 aromatic carbocycles. The van der Waals surface area contributed by atoms with Crippen molar-refractivity contribution in [2.75, 3.05) is 0 Å². The van der Waals surface area contributed by atoms with Gasteiger partial charge in [0.1, 0.15) is 0 Å². The number of thiol groups is 1. The van der Waals surface area contributed by atoms with E-state index < -0.39 is 0 Å². The van der Waals surface area contributed by atoms with Gasteiger partial charge in [0.2, 0.25) is 0 Å². The Balaban J connectivity index is 2.20. The van der Waals surface area contributed by atoms with Gasteiger partial charge in [-0.2, -0.15) is 0 Å². The van der Waals surface area contributed by atoms with Crippen molar-refractivity contribution in [2.45, 2.75) is 25.2 Å². The maximum absolute atomic E-state index is 4.30. The van der Waals surface area contributed by atoms with Crippen molar-refractivity contribution < 1.29 is 0 Å². The Morgan fingerprint density at radius 2 is 1.29 bits per heavy atom. The first-order valence-corrected chi connectivity index (χ1v) is 6.48. The van der Waals surface area contributed by atoms with E-state index in [0.29, 0.717) is 5.92 Å². The van der Waals surface area contributed by atoms with E-state index in [0.717, 1.165) is 11.3 Å². The molecule has 88 valence electrons. The van der Waals surface area contributed by atoms with E-state index in [1.54, 1.807) is 0 Å². The first-order chi connectivity index (χ1) is 8.15. The Morgan fingerprint density at radius 1 is 0.824 bits per heavy atom. The van der Waals surface area contributed by atoms with Crippen LogP contribution >= 0.6 is 12.6 Å². The third kappa shape index (κ3) is 3.37. The second kappa shape index (κ2) is 5.42. The van der Waals surface area contributed by atoms with Gasteiger partial charge < -0.3 is 0 Å². The number of rotatable bonds is 3. The molecular weight excluding hydrogens is 224 g/mol. The van der Waals surface area contributed by atoms with Crippen LogP contribution in [0.3, 0.4) is 0 Å². The standard InChI is InChI=1S/C16H18S/c1-12(2)11-13-3-5-14(6-4-13)15-7-9-16(17)10-8-15/h3-10,12,17H,11H2,1-2H3. The van der Waals surface area contributed by atoms with Gasteiger partial charge in [-0.3, -0.25) is 0 Å². The SMILES string of the molecule is CC(C)Cc1ccc(-c2ccc(S)cc2)cc1. The van der Waals surface area contributed by atoms with Crippen LogP contribution in [0, 0.1) is 5.92 Å². The van der Waals surface area contributed by atoms with E-state index in [1.165, 1.54) is 16.7 Å². The monoisotopic (exact) mass is 242 g/mol. The van der Waals surface area contributed by atoms with Crippen LogP contribution in [0.25, 0.3) is 11.1 Å². The molecule has 0 bridgehead atoms. The molecule has 0 fully saturated rings. The fourth-order valence-electron chi connectivity index (χ4n) is 1.96. The van der Waals surface area contributed by atoms with Crippen LogP contribution in [0.5, 0.6) is 0 Å². The van der Waals surface area contributed by atoms with Gasteiger partial charge in [-0.05, 0) is 41.2 Å². The molecule has 0 aliphatic carbocycles. The van der Waals surface area contributed by atoms with E-state index in [-0.39, 0.29) is 0 Å². The minimum absolute atomic E-state index is 0.712. The zero-order valence-electron chi connectivity index (χ0n) is 10.4. The summed E-state index contributed by atoms with van der Waals surface area (Å²) < 4.78 is 0. The Hall–Kier alpha value is -1.21. The highest BCUT2D eigenvalue weighted by molar-refractivity contribution is 7.80. The van der Waals surface area contributed by atoms with Gasteiger partial charge in [0.25, 0.3) is 0 Å². The molecule has 0 aliphatic rings. The molecule has 1 heteroatoms. The fraction of sp³-hybridized carbons (Fsp3) is 0.250. The smallest absolute Gasteiger partial charge is 0.00404 e. The molecule has 0 heterocycles. The van der Waals surface area contributed by atoms with E-state index in [1.807, 2.05) is 12.1 Å². The summed E-state index contributed by atoms with van der Waals surface area (Å²) in [5.41, 5.74) is 3.93. The van der Waals surface area contributed by atoms with Crippen LogP contribution < -0.4 is 0 Å². The highest BCUT2D eigenvalue weighted by Gasteiger charge is 2.00. The van der Waals surface area contributed by atoms with Crippen LogP contribution in [0.1, 0.15) is 19.4 Å². The summed E-state index contributed by atoms with van der Waals surface area (Å²) in [5.74, 6) is 0.712. The first kappa shape index (κ1) is 12.3. The number of hydrogen-bond donors (Lipinski definition) is 1. The maximum Gasteiger partial charge on any atom is 0.00404 e. The molecule has 0 aliphatic heterocycles. The molecule has 0 nitrogen and oxygen atoms in total. The summed E-state index contributed by atoms with van der Waals surface area (Å²) in [6.45, 7) is 4.50. The van der Waals surface area contributed by atoms with Gasteiger partial charge >= 0.3 is 0 Å². The van der Waals surface area contributed by atoms with Crippen LogP contribution in [0.4, 0.5) is 0 Å². The van der Waals surface area contributed by atoms with Crippen LogP contribution in [-0.4, -0.2) is 0 Å². The molecule has 0 N–H and O–H groups in total. The average Bonchev–Trinajstić information content (AvgIpc) is 2.30. The zero-order chi connectivity index (χ0) is 12.3. The molecule has 2 rings (SSSR count). The van der Waals surface area contributed by atoms with Crippen LogP contribution in [-0.2, 0) is 6.42 Å². The van der Waals surface area contributed by atoms with E-state index >= 15 is 0 Å². The lowest BCUT2D eigenvalue weighted by atomic mass is 9.99. The van der Waals surface area contributed by atoms with Gasteiger partial charge in [-0.25, -0.2) is 0 Å². The Bertz CT molecular complexity index is 466. The molecule has 0 unspecified atom stereocenters. The molecule has 0 radical (unpaired) electrons. The topological polar surface area (TPSA) is 0 Å². The van der Waals surface area contributed by atoms with Gasteiger partial charge in [0.05, 0.1) is 0 Å². The van der Waals surface area contributed by atoms with Crippen LogP contribution in [0.2, 0.25) is 0 Å². The van der Waals surface area contributed by atoms with Crippen molar-refractivity contribution >= 4 is 12.6 Å². The van der Waals surface area contributed by atoms with E-state index in [2.05, 4.69) is 62.9 Å². The summed E-state index contributed by atoms with van der Waals surface area (Å²) in [4.78, 5) is 1.00. The minimum atomic E-state index is 0.712. The third-order valence-electron chi connectivity index (χ3n) is 2.80. The predicted molar refractivity (Wildman–Crippen MR) is 77.7 cm³/mol. The van der Waals surface area contributed by atoms with Crippen molar-refractivity contribution in [3.8, 4) is 11.1 Å².